The molecule has 3 rings (SSSR count). The first-order valence-electron chi connectivity index (χ1n) is 6.67. The van der Waals surface area contributed by atoms with Gasteiger partial charge >= 0.3 is 0 Å². The van der Waals surface area contributed by atoms with E-state index in [2.05, 4.69) is 22.1 Å². The Hall–Kier alpha value is -1.69. The topological polar surface area (TPSA) is 57.8 Å². The van der Waals surface area contributed by atoms with E-state index in [1.165, 1.54) is 0 Å². The lowest BCUT2D eigenvalue weighted by atomic mass is 9.95. The maximum Gasteiger partial charge on any atom is 0.166 e. The van der Waals surface area contributed by atoms with Gasteiger partial charge in [0.15, 0.2) is 11.6 Å². The molecule has 1 aliphatic heterocycles. The predicted molar refractivity (Wildman–Crippen MR) is 70.0 cm³/mol. The van der Waals surface area contributed by atoms with Crippen LogP contribution >= 0.6 is 0 Å². The Bertz CT molecular complexity index is 580. The van der Waals surface area contributed by atoms with Crippen LogP contribution in [0.4, 0.5) is 0 Å². The van der Waals surface area contributed by atoms with Crippen molar-refractivity contribution in [2.24, 2.45) is 7.05 Å². The Balaban J connectivity index is 2.09. The van der Waals surface area contributed by atoms with Crippen LogP contribution in [0.3, 0.4) is 0 Å². The van der Waals surface area contributed by atoms with Gasteiger partial charge in [0.25, 0.3) is 0 Å². The lowest BCUT2D eigenvalue weighted by Gasteiger charge is -2.32. The van der Waals surface area contributed by atoms with Gasteiger partial charge in [0, 0.05) is 19.7 Å². The van der Waals surface area contributed by atoms with E-state index in [1.54, 1.807) is 10.9 Å². The van der Waals surface area contributed by atoms with Crippen LogP contribution in [0.15, 0.2) is 12.3 Å². The maximum absolute atomic E-state index is 5.99. The Labute approximate surface area is 112 Å². The van der Waals surface area contributed by atoms with Gasteiger partial charge in [-0.1, -0.05) is 0 Å². The molecule has 0 N–H and O–H groups in total. The minimum Gasteiger partial charge on any atom is -0.367 e. The molecule has 0 radical (unpaired) electrons. The molecule has 0 spiro atoms. The third kappa shape index (κ3) is 2.06. The van der Waals surface area contributed by atoms with E-state index in [-0.39, 0.29) is 5.60 Å². The average molecular weight is 261 g/mol. The van der Waals surface area contributed by atoms with Gasteiger partial charge in [-0.3, -0.25) is 4.68 Å². The second kappa shape index (κ2) is 4.45. The van der Waals surface area contributed by atoms with Crippen molar-refractivity contribution in [3.05, 3.63) is 23.9 Å². The Morgan fingerprint density at radius 3 is 2.84 bits per heavy atom. The molecule has 0 saturated carbocycles. The molecule has 3 heterocycles. The van der Waals surface area contributed by atoms with Crippen LogP contribution in [0.2, 0.25) is 0 Å². The van der Waals surface area contributed by atoms with E-state index in [0.717, 1.165) is 43.3 Å². The third-order valence-corrected chi connectivity index (χ3v) is 3.67. The van der Waals surface area contributed by atoms with Crippen LogP contribution in [0.25, 0.3) is 5.82 Å². The number of aryl methyl sites for hydroxylation is 2. The molecule has 0 aromatic carbocycles. The van der Waals surface area contributed by atoms with Crippen molar-refractivity contribution in [1.82, 2.24) is 24.5 Å². The van der Waals surface area contributed by atoms with Gasteiger partial charge in [-0.15, -0.1) is 5.10 Å². The summed E-state index contributed by atoms with van der Waals surface area (Å²) in [7, 11) is 1.90. The second-order valence-corrected chi connectivity index (χ2v) is 5.24. The van der Waals surface area contributed by atoms with Crippen molar-refractivity contribution in [2.75, 3.05) is 6.61 Å². The second-order valence-electron chi connectivity index (χ2n) is 5.24. The summed E-state index contributed by atoms with van der Waals surface area (Å²) >= 11 is 0. The van der Waals surface area contributed by atoms with E-state index in [1.807, 2.05) is 24.7 Å². The van der Waals surface area contributed by atoms with Crippen LogP contribution in [0.1, 0.15) is 37.8 Å². The molecule has 19 heavy (non-hydrogen) atoms. The molecule has 1 atom stereocenters. The van der Waals surface area contributed by atoms with E-state index in [4.69, 9.17) is 4.74 Å². The third-order valence-electron chi connectivity index (χ3n) is 3.67. The normalized spacial score (nSPS) is 23.7. The first kappa shape index (κ1) is 12.3. The molecule has 1 saturated heterocycles. The fraction of sp³-hybridized carbons (Fsp3) is 0.615. The van der Waals surface area contributed by atoms with Crippen LogP contribution in [-0.4, -0.2) is 31.2 Å². The average Bonchev–Trinajstić information content (AvgIpc) is 2.96. The van der Waals surface area contributed by atoms with Gasteiger partial charge in [-0.2, -0.15) is 9.78 Å². The zero-order valence-corrected chi connectivity index (χ0v) is 11.6. The molecule has 2 aromatic rings. The molecule has 1 unspecified atom stereocenters. The molecule has 102 valence electrons. The van der Waals surface area contributed by atoms with Gasteiger partial charge in [0.05, 0.1) is 6.20 Å². The largest absolute Gasteiger partial charge is 0.367 e. The molecular formula is C13H19N5O. The number of ether oxygens (including phenoxy) is 1. The van der Waals surface area contributed by atoms with Gasteiger partial charge in [-0.05, 0) is 33.1 Å². The number of rotatable bonds is 2. The van der Waals surface area contributed by atoms with Crippen LogP contribution < -0.4 is 0 Å². The maximum atomic E-state index is 5.99. The standard InChI is InChI=1S/C13H19N5O/c1-10-15-12(13(2)7-4-5-9-19-13)18(16-10)11-6-8-14-17(11)3/h6,8H,4-5,7,9H2,1-3H3. The number of aromatic nitrogens is 5. The molecule has 1 fully saturated rings. The highest BCUT2D eigenvalue weighted by Crippen LogP contribution is 2.34. The summed E-state index contributed by atoms with van der Waals surface area (Å²) in [5, 5.41) is 8.70. The van der Waals surface area contributed by atoms with Crippen molar-refractivity contribution >= 4 is 0 Å². The van der Waals surface area contributed by atoms with Gasteiger partial charge in [0.2, 0.25) is 0 Å². The van der Waals surface area contributed by atoms with Gasteiger partial charge < -0.3 is 4.74 Å². The van der Waals surface area contributed by atoms with Crippen LogP contribution in [-0.2, 0) is 17.4 Å². The van der Waals surface area contributed by atoms with E-state index in [0.29, 0.717) is 0 Å². The summed E-state index contributed by atoms with van der Waals surface area (Å²) in [4.78, 5) is 4.59. The highest BCUT2D eigenvalue weighted by Gasteiger charge is 2.36. The Kier molecular flexibility index (Phi) is 2.89. The molecule has 6 nitrogen and oxygen atoms in total. The number of hydrogen-bond donors (Lipinski definition) is 0. The number of hydrogen-bond acceptors (Lipinski definition) is 4. The first-order chi connectivity index (χ1) is 9.10. The summed E-state index contributed by atoms with van der Waals surface area (Å²) in [6.07, 6.45) is 5.02. The van der Waals surface area contributed by atoms with Gasteiger partial charge in [0.1, 0.15) is 11.4 Å². The van der Waals surface area contributed by atoms with Crippen LogP contribution in [0, 0.1) is 6.92 Å². The lowest BCUT2D eigenvalue weighted by Crippen LogP contribution is -2.33. The van der Waals surface area contributed by atoms with Gasteiger partial charge in [-0.25, -0.2) is 4.98 Å². The minimum absolute atomic E-state index is 0.357. The van der Waals surface area contributed by atoms with E-state index in [9.17, 15) is 0 Å². The smallest absolute Gasteiger partial charge is 0.166 e. The minimum atomic E-state index is -0.357. The highest BCUT2D eigenvalue weighted by molar-refractivity contribution is 5.24. The Morgan fingerprint density at radius 1 is 1.37 bits per heavy atom. The van der Waals surface area contributed by atoms with Crippen LogP contribution in [0.5, 0.6) is 0 Å². The zero-order valence-electron chi connectivity index (χ0n) is 11.6. The predicted octanol–water partition coefficient (Wildman–Crippen LogP) is 1.72. The monoisotopic (exact) mass is 261 g/mol. The zero-order chi connectivity index (χ0) is 13.5. The van der Waals surface area contributed by atoms with E-state index >= 15 is 0 Å². The molecule has 0 aliphatic carbocycles. The summed E-state index contributed by atoms with van der Waals surface area (Å²) in [6.45, 7) is 4.79. The molecule has 2 aromatic heterocycles. The molecule has 6 heteroatoms. The molecule has 0 bridgehead atoms. The molecule has 0 amide bonds. The van der Waals surface area contributed by atoms with Crippen molar-refractivity contribution in [3.8, 4) is 5.82 Å². The first-order valence-corrected chi connectivity index (χ1v) is 6.67. The lowest BCUT2D eigenvalue weighted by molar-refractivity contribution is -0.0774. The molecular weight excluding hydrogens is 242 g/mol. The SMILES string of the molecule is Cc1nc(C2(C)CCCCO2)n(-c2ccnn2C)n1. The van der Waals surface area contributed by atoms with Crippen molar-refractivity contribution < 1.29 is 4.74 Å². The van der Waals surface area contributed by atoms with Crippen molar-refractivity contribution in [1.29, 1.82) is 0 Å². The highest BCUT2D eigenvalue weighted by atomic mass is 16.5. The summed E-state index contributed by atoms with van der Waals surface area (Å²) < 4.78 is 9.64. The molecule has 1 aliphatic rings. The summed E-state index contributed by atoms with van der Waals surface area (Å²) in [5.41, 5.74) is -0.357. The van der Waals surface area contributed by atoms with E-state index < -0.39 is 0 Å². The quantitative estimate of drug-likeness (QED) is 0.826. The fourth-order valence-corrected chi connectivity index (χ4v) is 2.60. The fourth-order valence-electron chi connectivity index (χ4n) is 2.60. The Morgan fingerprint density at radius 2 is 2.21 bits per heavy atom. The van der Waals surface area contributed by atoms with Crippen molar-refractivity contribution in [2.45, 2.75) is 38.7 Å². The van der Waals surface area contributed by atoms with Crippen molar-refractivity contribution in [3.63, 3.8) is 0 Å². The number of nitrogens with zero attached hydrogens (tertiary/aromatic N) is 5. The summed E-state index contributed by atoms with van der Waals surface area (Å²) in [6, 6.07) is 1.93. The summed E-state index contributed by atoms with van der Waals surface area (Å²) in [5.74, 6) is 2.53.